The van der Waals surface area contributed by atoms with Crippen LogP contribution in [0.1, 0.15) is 33.1 Å². The first-order valence-corrected chi connectivity index (χ1v) is 14.3. The van der Waals surface area contributed by atoms with E-state index in [0.29, 0.717) is 19.4 Å². The molecule has 2 N–H and O–H groups in total. The van der Waals surface area contributed by atoms with Gasteiger partial charge in [-0.05, 0) is 55.6 Å². The van der Waals surface area contributed by atoms with Crippen molar-refractivity contribution in [2.24, 2.45) is 5.92 Å². The molecule has 2 aromatic carbocycles. The van der Waals surface area contributed by atoms with Gasteiger partial charge in [0.15, 0.2) is 5.82 Å². The topological polar surface area (TPSA) is 76.7 Å². The molecule has 0 radical (unpaired) electrons. The SMILES string of the molecule is [2H]C([2H])(Oc1nc(N2CCOC[C@H]3[C@H](F)[C@H]32)c2ccc(-c3cc(N)cc(C)c3C(F)(F)F)c(F)c2n1)[C@@]12CCCN1C[C@H](F)C2. The van der Waals surface area contributed by atoms with Gasteiger partial charge in [-0.3, -0.25) is 4.90 Å². The smallest absolute Gasteiger partial charge is 0.417 e. The molecule has 43 heavy (non-hydrogen) atoms. The highest BCUT2D eigenvalue weighted by molar-refractivity contribution is 5.94. The van der Waals surface area contributed by atoms with E-state index in [0.717, 1.165) is 12.1 Å². The molecular formula is C30H31F6N5O2. The van der Waals surface area contributed by atoms with Crippen molar-refractivity contribution in [3.05, 3.63) is 41.2 Å². The van der Waals surface area contributed by atoms with E-state index < -0.39 is 76.6 Å². The number of rotatable bonds is 5. The maximum Gasteiger partial charge on any atom is 0.417 e. The number of benzene rings is 2. The van der Waals surface area contributed by atoms with E-state index in [-0.39, 0.29) is 55.2 Å². The van der Waals surface area contributed by atoms with Gasteiger partial charge in [-0.25, -0.2) is 13.2 Å². The molecule has 3 aromatic rings. The van der Waals surface area contributed by atoms with E-state index in [1.807, 2.05) is 0 Å². The summed E-state index contributed by atoms with van der Waals surface area (Å²) in [4.78, 5) is 11.9. The Morgan fingerprint density at radius 2 is 2.00 bits per heavy atom. The molecule has 7 rings (SSSR count). The van der Waals surface area contributed by atoms with Crippen LogP contribution in [0.2, 0.25) is 0 Å². The lowest BCUT2D eigenvalue weighted by Gasteiger charge is -2.31. The van der Waals surface area contributed by atoms with Crippen molar-refractivity contribution in [1.29, 1.82) is 0 Å². The molecule has 13 heteroatoms. The third-order valence-electron chi connectivity index (χ3n) is 9.08. The zero-order valence-electron chi connectivity index (χ0n) is 25.2. The summed E-state index contributed by atoms with van der Waals surface area (Å²) in [5.41, 5.74) is 1.94. The number of hydrogen-bond donors (Lipinski definition) is 1. The lowest BCUT2D eigenvalue weighted by Crippen LogP contribution is -2.43. The Labute approximate surface area is 246 Å². The molecule has 0 amide bonds. The van der Waals surface area contributed by atoms with Crippen molar-refractivity contribution in [2.45, 2.75) is 56.3 Å². The van der Waals surface area contributed by atoms with Crippen LogP contribution in [0, 0.1) is 18.7 Å². The monoisotopic (exact) mass is 609 g/mol. The maximum atomic E-state index is 16.6. The average Bonchev–Trinajstić information content (AvgIpc) is 3.30. The minimum Gasteiger partial charge on any atom is -0.461 e. The highest BCUT2D eigenvalue weighted by atomic mass is 19.4. The highest BCUT2D eigenvalue weighted by Gasteiger charge is 2.56. The average molecular weight is 610 g/mol. The first kappa shape index (κ1) is 26.1. The maximum absolute atomic E-state index is 16.6. The fourth-order valence-corrected chi connectivity index (χ4v) is 7.09. The molecule has 3 saturated heterocycles. The van der Waals surface area contributed by atoms with E-state index in [2.05, 4.69) is 9.97 Å². The van der Waals surface area contributed by atoms with E-state index in [1.54, 1.807) is 9.80 Å². The summed E-state index contributed by atoms with van der Waals surface area (Å²) >= 11 is 0. The fraction of sp³-hybridized carbons (Fsp3) is 0.533. The van der Waals surface area contributed by atoms with E-state index >= 15 is 4.39 Å². The third-order valence-corrected chi connectivity index (χ3v) is 9.08. The van der Waals surface area contributed by atoms with Gasteiger partial charge in [-0.2, -0.15) is 23.1 Å². The fourth-order valence-electron chi connectivity index (χ4n) is 7.09. The normalized spacial score (nSPS) is 30.1. The summed E-state index contributed by atoms with van der Waals surface area (Å²) in [6, 6.07) is 3.47. The van der Waals surface area contributed by atoms with Crippen LogP contribution in [0.25, 0.3) is 22.0 Å². The molecule has 5 atom stereocenters. The number of alkyl halides is 5. The van der Waals surface area contributed by atoms with Gasteiger partial charge in [0.05, 0.1) is 33.1 Å². The molecule has 7 nitrogen and oxygen atoms in total. The van der Waals surface area contributed by atoms with Crippen LogP contribution in [0.4, 0.5) is 37.8 Å². The molecule has 1 aliphatic carbocycles. The summed E-state index contributed by atoms with van der Waals surface area (Å²) in [5.74, 6) is -1.57. The highest BCUT2D eigenvalue weighted by Crippen LogP contribution is 2.47. The molecule has 0 spiro atoms. The lowest BCUT2D eigenvalue weighted by molar-refractivity contribution is -0.137. The van der Waals surface area contributed by atoms with Crippen LogP contribution in [-0.4, -0.2) is 78.2 Å². The molecule has 4 heterocycles. The van der Waals surface area contributed by atoms with Gasteiger partial charge in [0, 0.05) is 42.1 Å². The molecule has 1 aromatic heterocycles. The zero-order valence-corrected chi connectivity index (χ0v) is 23.2. The van der Waals surface area contributed by atoms with Crippen molar-refractivity contribution in [3.63, 3.8) is 0 Å². The minimum atomic E-state index is -4.83. The first-order chi connectivity index (χ1) is 21.2. The first-order valence-electron chi connectivity index (χ1n) is 15.3. The van der Waals surface area contributed by atoms with Gasteiger partial charge in [-0.15, -0.1) is 0 Å². The number of nitrogens with two attached hydrogens (primary N) is 1. The minimum absolute atomic E-state index is 0.00275. The Morgan fingerprint density at radius 3 is 2.79 bits per heavy atom. The summed E-state index contributed by atoms with van der Waals surface area (Å²) in [6.07, 6.45) is -6.55. The molecule has 0 unspecified atom stereocenters. The summed E-state index contributed by atoms with van der Waals surface area (Å²) in [7, 11) is 0. The summed E-state index contributed by atoms with van der Waals surface area (Å²) < 4.78 is 118. The second-order valence-corrected chi connectivity index (χ2v) is 11.9. The van der Waals surface area contributed by atoms with Crippen LogP contribution in [-0.2, 0) is 10.9 Å². The second kappa shape index (κ2) is 10.1. The van der Waals surface area contributed by atoms with Crippen molar-refractivity contribution < 1.29 is 38.6 Å². The number of fused-ring (bicyclic) bond motifs is 3. The van der Waals surface area contributed by atoms with Gasteiger partial charge < -0.3 is 20.1 Å². The largest absolute Gasteiger partial charge is 0.461 e. The lowest BCUT2D eigenvalue weighted by atomic mass is 9.93. The molecular weight excluding hydrogens is 576 g/mol. The van der Waals surface area contributed by atoms with E-state index in [9.17, 15) is 22.0 Å². The molecule has 230 valence electrons. The molecule has 4 aliphatic rings. The predicted molar refractivity (Wildman–Crippen MR) is 148 cm³/mol. The van der Waals surface area contributed by atoms with Crippen LogP contribution in [0.15, 0.2) is 24.3 Å². The van der Waals surface area contributed by atoms with Crippen molar-refractivity contribution in [3.8, 4) is 17.1 Å². The molecule has 0 bridgehead atoms. The Hall–Kier alpha value is -3.32. The molecule has 3 aliphatic heterocycles. The number of nitrogen functional groups attached to an aromatic ring is 1. The number of nitrogens with zero attached hydrogens (tertiary/aromatic N) is 4. The van der Waals surface area contributed by atoms with Crippen LogP contribution < -0.4 is 15.4 Å². The van der Waals surface area contributed by atoms with Crippen LogP contribution in [0.3, 0.4) is 0 Å². The van der Waals surface area contributed by atoms with Crippen molar-refractivity contribution in [1.82, 2.24) is 14.9 Å². The number of anilines is 2. The quantitative estimate of drug-likeness (QED) is 0.304. The van der Waals surface area contributed by atoms with Crippen molar-refractivity contribution in [2.75, 3.05) is 50.0 Å². The van der Waals surface area contributed by atoms with Crippen LogP contribution >= 0.6 is 0 Å². The third kappa shape index (κ3) is 4.75. The Morgan fingerprint density at radius 1 is 1.19 bits per heavy atom. The number of hydrogen-bond acceptors (Lipinski definition) is 7. The second-order valence-electron chi connectivity index (χ2n) is 11.9. The molecule has 4 fully saturated rings. The van der Waals surface area contributed by atoms with Gasteiger partial charge >= 0.3 is 12.2 Å². The van der Waals surface area contributed by atoms with Crippen molar-refractivity contribution >= 4 is 22.4 Å². The predicted octanol–water partition coefficient (Wildman–Crippen LogP) is 5.47. The number of ether oxygens (including phenoxy) is 2. The number of halogens is 6. The molecule has 1 saturated carbocycles. The Bertz CT molecular complexity index is 1680. The van der Waals surface area contributed by atoms with Gasteiger partial charge in [0.1, 0.15) is 30.2 Å². The van der Waals surface area contributed by atoms with Crippen LogP contribution in [0.5, 0.6) is 6.01 Å². The van der Waals surface area contributed by atoms with Gasteiger partial charge in [0.25, 0.3) is 0 Å². The van der Waals surface area contributed by atoms with E-state index in [1.165, 1.54) is 19.1 Å². The van der Waals surface area contributed by atoms with E-state index in [4.69, 9.17) is 17.9 Å². The summed E-state index contributed by atoms with van der Waals surface area (Å²) in [5, 5.41) is 0.0726. The van der Waals surface area contributed by atoms with Gasteiger partial charge in [-0.1, -0.05) is 6.07 Å². The standard InChI is InChI=1S/C30H31F6N5O2/c1-15-9-17(37)10-20(22(15)30(34,35)36)18-3-4-19-25(23(18)32)38-28(43-14-29-5-2-6-40(29)12-16(31)11-29)39-27(19)41-7-8-42-13-21-24(33)26(21)41/h3-4,9-10,16,21,24,26H,2,5-8,11-14,37H2,1H3/t16-,21+,24+,26+,29+/m1/s1/i14D2. The van der Waals surface area contributed by atoms with Gasteiger partial charge in [0.2, 0.25) is 0 Å². The number of aromatic nitrogens is 2. The number of aryl methyl sites for hydroxylation is 1. The Balaban J connectivity index is 1.41. The Kier molecular flexibility index (Phi) is 6.14. The summed E-state index contributed by atoms with van der Waals surface area (Å²) in [6.45, 7) is -0.235. The zero-order chi connectivity index (χ0) is 32.1.